The Hall–Kier alpha value is -0.850. The van der Waals surface area contributed by atoms with Crippen molar-refractivity contribution in [2.75, 3.05) is 12.0 Å². The topological polar surface area (TPSA) is 85.3 Å². The van der Waals surface area contributed by atoms with Gasteiger partial charge in [0.1, 0.15) is 15.6 Å². The van der Waals surface area contributed by atoms with E-state index in [0.717, 1.165) is 5.76 Å². The number of rotatable bonds is 5. The van der Waals surface area contributed by atoms with Gasteiger partial charge in [-0.25, -0.2) is 8.42 Å². The Bertz CT molecular complexity index is 358. The highest BCUT2D eigenvalue weighted by atomic mass is 32.2. The summed E-state index contributed by atoms with van der Waals surface area (Å²) in [7, 11) is -3.02. The lowest BCUT2D eigenvalue weighted by atomic mass is 10.2. The zero-order chi connectivity index (χ0) is 10.6. The predicted molar refractivity (Wildman–Crippen MR) is 53.2 cm³/mol. The smallest absolute Gasteiger partial charge is 0.149 e. The van der Waals surface area contributed by atoms with Crippen LogP contribution in [0.3, 0.4) is 0 Å². The molecule has 0 aromatic carbocycles. The summed E-state index contributed by atoms with van der Waals surface area (Å²) < 4.78 is 27.1. The molecule has 1 aromatic heterocycles. The molecule has 0 aliphatic carbocycles. The summed E-state index contributed by atoms with van der Waals surface area (Å²) in [6.07, 6.45) is 3.19. The fraction of sp³-hybridized carbons (Fsp3) is 0.500. The minimum atomic E-state index is -3.02. The lowest BCUT2D eigenvalue weighted by Crippen LogP contribution is -2.41. The molecular formula is C8H14N2O3S. The van der Waals surface area contributed by atoms with Crippen LogP contribution < -0.4 is 11.3 Å². The number of hydrogen-bond donors (Lipinski definition) is 2. The summed E-state index contributed by atoms with van der Waals surface area (Å²) in [4.78, 5) is 0. The van der Waals surface area contributed by atoms with Crippen LogP contribution in [-0.4, -0.2) is 26.5 Å². The fourth-order valence-electron chi connectivity index (χ4n) is 1.20. The molecule has 14 heavy (non-hydrogen) atoms. The van der Waals surface area contributed by atoms with E-state index < -0.39 is 9.84 Å². The van der Waals surface area contributed by atoms with Crippen molar-refractivity contribution in [2.24, 2.45) is 5.84 Å². The monoisotopic (exact) mass is 218 g/mol. The van der Waals surface area contributed by atoms with Crippen LogP contribution >= 0.6 is 0 Å². The lowest BCUT2D eigenvalue weighted by molar-refractivity contribution is 0.461. The first-order chi connectivity index (χ1) is 6.51. The summed E-state index contributed by atoms with van der Waals surface area (Å²) >= 11 is 0. The Kier molecular flexibility index (Phi) is 3.68. The van der Waals surface area contributed by atoms with E-state index in [1.54, 1.807) is 18.4 Å². The highest BCUT2D eigenvalue weighted by molar-refractivity contribution is 7.90. The van der Waals surface area contributed by atoms with Crippen LogP contribution in [0.4, 0.5) is 0 Å². The molecule has 0 bridgehead atoms. The lowest BCUT2D eigenvalue weighted by Gasteiger charge is -2.12. The minimum Gasteiger partial charge on any atom is -0.469 e. The molecule has 0 amide bonds. The third-order valence-corrected chi connectivity index (χ3v) is 2.78. The van der Waals surface area contributed by atoms with Crippen LogP contribution in [0, 0.1) is 0 Å². The van der Waals surface area contributed by atoms with Crippen LogP contribution in [0.25, 0.3) is 0 Å². The van der Waals surface area contributed by atoms with E-state index in [1.165, 1.54) is 6.26 Å². The number of sulfone groups is 1. The number of hydrogen-bond acceptors (Lipinski definition) is 5. The second-order valence-electron chi connectivity index (χ2n) is 3.24. The third-order valence-electron chi connectivity index (χ3n) is 1.77. The van der Waals surface area contributed by atoms with Gasteiger partial charge in [0, 0.05) is 18.7 Å². The van der Waals surface area contributed by atoms with E-state index in [2.05, 4.69) is 5.43 Å². The van der Waals surface area contributed by atoms with Gasteiger partial charge < -0.3 is 4.42 Å². The molecule has 5 nitrogen and oxygen atoms in total. The van der Waals surface area contributed by atoms with Gasteiger partial charge in [0.05, 0.1) is 12.0 Å². The number of hydrazine groups is 1. The first kappa shape index (κ1) is 11.2. The van der Waals surface area contributed by atoms with E-state index in [1.807, 2.05) is 0 Å². The predicted octanol–water partition coefficient (Wildman–Crippen LogP) is -0.301. The molecule has 1 heterocycles. The average Bonchev–Trinajstić information content (AvgIpc) is 2.53. The molecule has 80 valence electrons. The summed E-state index contributed by atoms with van der Waals surface area (Å²) in [6.45, 7) is 0. The second kappa shape index (κ2) is 4.59. The molecule has 0 spiro atoms. The number of furan rings is 1. The quantitative estimate of drug-likeness (QED) is 0.523. The third kappa shape index (κ3) is 3.91. The molecule has 0 fully saturated rings. The Balaban J connectivity index is 2.56. The highest BCUT2D eigenvalue weighted by Gasteiger charge is 2.15. The largest absolute Gasteiger partial charge is 0.469 e. The van der Waals surface area contributed by atoms with E-state index in [9.17, 15) is 8.42 Å². The Labute approximate surface area is 83.2 Å². The van der Waals surface area contributed by atoms with E-state index in [0.29, 0.717) is 6.42 Å². The summed E-state index contributed by atoms with van der Waals surface area (Å²) in [5, 5.41) is 0. The van der Waals surface area contributed by atoms with Gasteiger partial charge in [-0.15, -0.1) is 0 Å². The van der Waals surface area contributed by atoms with Crippen molar-refractivity contribution in [1.82, 2.24) is 5.43 Å². The molecule has 6 heteroatoms. The highest BCUT2D eigenvalue weighted by Crippen LogP contribution is 2.05. The van der Waals surface area contributed by atoms with Crippen LogP contribution in [0.1, 0.15) is 5.76 Å². The maximum atomic E-state index is 11.0. The molecule has 1 aromatic rings. The minimum absolute atomic E-state index is 0.00417. The van der Waals surface area contributed by atoms with Crippen molar-refractivity contribution in [3.05, 3.63) is 24.2 Å². The number of nitrogens with two attached hydrogens (primary N) is 1. The Morgan fingerprint density at radius 3 is 2.79 bits per heavy atom. The maximum Gasteiger partial charge on any atom is 0.149 e. The SMILES string of the molecule is CS(=O)(=O)CC(Cc1ccco1)NN. The van der Waals surface area contributed by atoms with Crippen LogP contribution in [0.15, 0.2) is 22.8 Å². The van der Waals surface area contributed by atoms with Gasteiger partial charge in [-0.1, -0.05) is 0 Å². The van der Waals surface area contributed by atoms with E-state index in [-0.39, 0.29) is 11.8 Å². The zero-order valence-corrected chi connectivity index (χ0v) is 8.75. The van der Waals surface area contributed by atoms with Gasteiger partial charge in [-0.3, -0.25) is 11.3 Å². The molecular weight excluding hydrogens is 204 g/mol. The van der Waals surface area contributed by atoms with Crippen LogP contribution in [0.5, 0.6) is 0 Å². The Morgan fingerprint density at radius 2 is 2.36 bits per heavy atom. The molecule has 3 N–H and O–H groups in total. The molecule has 1 rings (SSSR count). The molecule has 0 radical (unpaired) electrons. The molecule has 0 saturated carbocycles. The van der Waals surface area contributed by atoms with Gasteiger partial charge in [-0.05, 0) is 12.1 Å². The van der Waals surface area contributed by atoms with Crippen molar-refractivity contribution in [1.29, 1.82) is 0 Å². The maximum absolute atomic E-state index is 11.0. The normalized spacial score (nSPS) is 14.1. The van der Waals surface area contributed by atoms with Gasteiger partial charge in [0.2, 0.25) is 0 Å². The van der Waals surface area contributed by atoms with Gasteiger partial charge in [0.25, 0.3) is 0 Å². The van der Waals surface area contributed by atoms with Crippen molar-refractivity contribution >= 4 is 9.84 Å². The molecule has 0 saturated heterocycles. The Morgan fingerprint density at radius 1 is 1.64 bits per heavy atom. The fourth-order valence-corrected chi connectivity index (χ4v) is 2.15. The first-order valence-electron chi connectivity index (χ1n) is 4.17. The van der Waals surface area contributed by atoms with E-state index in [4.69, 9.17) is 10.3 Å². The zero-order valence-electron chi connectivity index (χ0n) is 7.93. The van der Waals surface area contributed by atoms with Gasteiger partial charge in [-0.2, -0.15) is 0 Å². The van der Waals surface area contributed by atoms with Crippen molar-refractivity contribution in [3.63, 3.8) is 0 Å². The summed E-state index contributed by atoms with van der Waals surface area (Å²) in [6, 6.07) is 3.23. The van der Waals surface area contributed by atoms with Crippen molar-refractivity contribution in [3.8, 4) is 0 Å². The van der Waals surface area contributed by atoms with Crippen LogP contribution in [0.2, 0.25) is 0 Å². The van der Waals surface area contributed by atoms with E-state index >= 15 is 0 Å². The average molecular weight is 218 g/mol. The van der Waals surface area contributed by atoms with Crippen molar-refractivity contribution in [2.45, 2.75) is 12.5 Å². The molecule has 0 aliphatic rings. The van der Waals surface area contributed by atoms with Gasteiger partial charge >= 0.3 is 0 Å². The molecule has 0 aliphatic heterocycles. The molecule has 1 atom stereocenters. The molecule has 1 unspecified atom stereocenters. The summed E-state index contributed by atoms with van der Waals surface area (Å²) in [5.41, 5.74) is 2.46. The second-order valence-corrected chi connectivity index (χ2v) is 5.42. The van der Waals surface area contributed by atoms with Crippen LogP contribution in [-0.2, 0) is 16.3 Å². The first-order valence-corrected chi connectivity index (χ1v) is 6.23. The summed E-state index contributed by atoms with van der Waals surface area (Å²) in [5.74, 6) is 5.96. The number of nitrogens with one attached hydrogen (secondary N) is 1. The van der Waals surface area contributed by atoms with Gasteiger partial charge in [0.15, 0.2) is 0 Å². The van der Waals surface area contributed by atoms with Crippen molar-refractivity contribution < 1.29 is 12.8 Å². The standard InChI is InChI=1S/C8H14N2O3S/c1-14(11,12)6-7(10-9)5-8-3-2-4-13-8/h2-4,7,10H,5-6,9H2,1H3.